The summed E-state index contributed by atoms with van der Waals surface area (Å²) in [5.74, 6) is 0. The zero-order chi connectivity index (χ0) is 12.5. The summed E-state index contributed by atoms with van der Waals surface area (Å²) >= 11 is 1.92. The van der Waals surface area contributed by atoms with Gasteiger partial charge in [0.1, 0.15) is 0 Å². The third-order valence-electron chi connectivity index (χ3n) is 3.72. The molecule has 1 unspecified atom stereocenters. The number of hydrogen-bond donors (Lipinski definition) is 1. The number of hydrogen-bond acceptors (Lipinski definition) is 2. The second-order valence-electron chi connectivity index (χ2n) is 5.20. The van der Waals surface area contributed by atoms with Gasteiger partial charge in [-0.1, -0.05) is 29.8 Å². The Hall–Kier alpha value is -1.12. The number of benzene rings is 1. The summed E-state index contributed by atoms with van der Waals surface area (Å²) in [7, 11) is 0. The van der Waals surface area contributed by atoms with Crippen molar-refractivity contribution in [2.75, 3.05) is 0 Å². The second kappa shape index (κ2) is 4.87. The van der Waals surface area contributed by atoms with Crippen LogP contribution in [-0.4, -0.2) is 0 Å². The smallest absolute Gasteiger partial charge is 0.0646 e. The van der Waals surface area contributed by atoms with Gasteiger partial charge in [0.15, 0.2) is 0 Å². The Morgan fingerprint density at radius 2 is 2.00 bits per heavy atom. The van der Waals surface area contributed by atoms with Crippen LogP contribution in [0.15, 0.2) is 30.3 Å². The molecule has 1 aliphatic rings. The molecule has 0 saturated carbocycles. The fourth-order valence-electron chi connectivity index (χ4n) is 2.69. The van der Waals surface area contributed by atoms with E-state index in [0.29, 0.717) is 0 Å². The molecule has 0 radical (unpaired) electrons. The van der Waals surface area contributed by atoms with Crippen molar-refractivity contribution in [2.45, 2.75) is 38.6 Å². The Labute approximate surface area is 113 Å². The lowest BCUT2D eigenvalue weighted by atomic mass is 9.97. The van der Waals surface area contributed by atoms with E-state index in [4.69, 9.17) is 5.73 Å². The molecular formula is C16H19NS. The maximum atomic E-state index is 6.41. The number of rotatable bonds is 2. The van der Waals surface area contributed by atoms with Gasteiger partial charge in [0, 0.05) is 9.75 Å². The van der Waals surface area contributed by atoms with Crippen LogP contribution >= 0.6 is 11.3 Å². The Bertz CT molecular complexity index is 532. The van der Waals surface area contributed by atoms with E-state index < -0.39 is 0 Å². The number of thiophene rings is 1. The van der Waals surface area contributed by atoms with Crippen LogP contribution in [0, 0.1) is 6.92 Å². The molecule has 1 aromatic carbocycles. The molecule has 2 heteroatoms. The lowest BCUT2D eigenvalue weighted by molar-refractivity contribution is 0.696. The molecule has 18 heavy (non-hydrogen) atoms. The van der Waals surface area contributed by atoms with E-state index in [0.717, 1.165) is 0 Å². The summed E-state index contributed by atoms with van der Waals surface area (Å²) in [6, 6.07) is 10.9. The first-order chi connectivity index (χ1) is 8.74. The van der Waals surface area contributed by atoms with Crippen LogP contribution in [0.1, 0.15) is 45.3 Å². The van der Waals surface area contributed by atoms with Crippen molar-refractivity contribution >= 4 is 11.3 Å². The van der Waals surface area contributed by atoms with Crippen LogP contribution in [0.3, 0.4) is 0 Å². The molecule has 1 atom stereocenters. The Morgan fingerprint density at radius 3 is 2.78 bits per heavy atom. The predicted molar refractivity (Wildman–Crippen MR) is 78.2 cm³/mol. The van der Waals surface area contributed by atoms with Gasteiger partial charge < -0.3 is 5.73 Å². The topological polar surface area (TPSA) is 26.0 Å². The molecule has 0 saturated heterocycles. The molecule has 1 nitrogen and oxygen atoms in total. The van der Waals surface area contributed by atoms with E-state index in [1.54, 1.807) is 10.4 Å². The third kappa shape index (κ3) is 2.23. The lowest BCUT2D eigenvalue weighted by Crippen LogP contribution is -2.10. The zero-order valence-corrected chi connectivity index (χ0v) is 11.6. The number of aryl methyl sites for hydroxylation is 3. The molecule has 94 valence electrons. The monoisotopic (exact) mass is 257 g/mol. The van der Waals surface area contributed by atoms with Crippen molar-refractivity contribution in [3.05, 3.63) is 56.8 Å². The molecule has 0 aliphatic heterocycles. The molecule has 1 aliphatic carbocycles. The normalized spacial score (nSPS) is 16.3. The molecule has 0 amide bonds. The van der Waals surface area contributed by atoms with Crippen molar-refractivity contribution in [3.63, 3.8) is 0 Å². The Balaban J connectivity index is 1.92. The summed E-state index contributed by atoms with van der Waals surface area (Å²) in [5, 5.41) is 0. The SMILES string of the molecule is Cc1cccc(C(N)c2cc3c(s2)CCCC3)c1. The minimum Gasteiger partial charge on any atom is -0.320 e. The van der Waals surface area contributed by atoms with E-state index in [1.165, 1.54) is 41.7 Å². The minimum atomic E-state index is 0.0421. The molecule has 2 aromatic rings. The van der Waals surface area contributed by atoms with E-state index in [-0.39, 0.29) is 6.04 Å². The third-order valence-corrected chi connectivity index (χ3v) is 5.04. The van der Waals surface area contributed by atoms with E-state index >= 15 is 0 Å². The molecule has 3 rings (SSSR count). The standard InChI is InChI=1S/C16H19NS/c1-11-5-4-7-13(9-11)16(17)15-10-12-6-2-3-8-14(12)18-15/h4-5,7,9-10,16H,2-3,6,8,17H2,1H3. The van der Waals surface area contributed by atoms with Gasteiger partial charge in [-0.15, -0.1) is 11.3 Å². The first-order valence-corrected chi connectivity index (χ1v) is 7.49. The molecule has 0 fully saturated rings. The number of fused-ring (bicyclic) bond motifs is 1. The summed E-state index contributed by atoms with van der Waals surface area (Å²) in [4.78, 5) is 2.90. The highest BCUT2D eigenvalue weighted by Gasteiger charge is 2.17. The summed E-state index contributed by atoms with van der Waals surface area (Å²) in [6.45, 7) is 2.12. The quantitative estimate of drug-likeness (QED) is 0.865. The first-order valence-electron chi connectivity index (χ1n) is 6.67. The maximum absolute atomic E-state index is 6.41. The summed E-state index contributed by atoms with van der Waals surface area (Å²) in [6.07, 6.45) is 5.17. The maximum Gasteiger partial charge on any atom is 0.0646 e. The molecule has 1 aromatic heterocycles. The molecule has 0 bridgehead atoms. The van der Waals surface area contributed by atoms with Gasteiger partial charge in [-0.25, -0.2) is 0 Å². The van der Waals surface area contributed by atoms with Gasteiger partial charge in [-0.2, -0.15) is 0 Å². The Morgan fingerprint density at radius 1 is 1.17 bits per heavy atom. The minimum absolute atomic E-state index is 0.0421. The van der Waals surface area contributed by atoms with Crippen molar-refractivity contribution in [1.29, 1.82) is 0 Å². The molecule has 2 N–H and O–H groups in total. The van der Waals surface area contributed by atoms with Gasteiger partial charge in [-0.3, -0.25) is 0 Å². The van der Waals surface area contributed by atoms with Crippen LogP contribution in [-0.2, 0) is 12.8 Å². The fourth-order valence-corrected chi connectivity index (χ4v) is 3.98. The van der Waals surface area contributed by atoms with Gasteiger partial charge in [0.05, 0.1) is 6.04 Å². The highest BCUT2D eigenvalue weighted by Crippen LogP contribution is 2.34. The van der Waals surface area contributed by atoms with Crippen molar-refractivity contribution < 1.29 is 0 Å². The van der Waals surface area contributed by atoms with Gasteiger partial charge in [-0.05, 0) is 49.8 Å². The van der Waals surface area contributed by atoms with Crippen molar-refractivity contribution in [3.8, 4) is 0 Å². The lowest BCUT2D eigenvalue weighted by Gasteiger charge is -2.10. The summed E-state index contributed by atoms with van der Waals surface area (Å²) < 4.78 is 0. The zero-order valence-electron chi connectivity index (χ0n) is 10.8. The summed E-state index contributed by atoms with van der Waals surface area (Å²) in [5.41, 5.74) is 10.5. The van der Waals surface area contributed by atoms with Crippen LogP contribution in [0.5, 0.6) is 0 Å². The van der Waals surface area contributed by atoms with E-state index in [2.05, 4.69) is 37.3 Å². The van der Waals surface area contributed by atoms with Crippen LogP contribution in [0.25, 0.3) is 0 Å². The van der Waals surface area contributed by atoms with E-state index in [1.807, 2.05) is 11.3 Å². The highest BCUT2D eigenvalue weighted by molar-refractivity contribution is 7.12. The fraction of sp³-hybridized carbons (Fsp3) is 0.375. The predicted octanol–water partition coefficient (Wildman–Crippen LogP) is 3.98. The van der Waals surface area contributed by atoms with Crippen LogP contribution in [0.4, 0.5) is 0 Å². The second-order valence-corrected chi connectivity index (χ2v) is 6.36. The molecular weight excluding hydrogens is 238 g/mol. The average molecular weight is 257 g/mol. The highest BCUT2D eigenvalue weighted by atomic mass is 32.1. The van der Waals surface area contributed by atoms with Crippen molar-refractivity contribution in [2.24, 2.45) is 5.73 Å². The van der Waals surface area contributed by atoms with Crippen molar-refractivity contribution in [1.82, 2.24) is 0 Å². The molecule has 1 heterocycles. The van der Waals surface area contributed by atoms with E-state index in [9.17, 15) is 0 Å². The largest absolute Gasteiger partial charge is 0.320 e. The van der Waals surface area contributed by atoms with Crippen LogP contribution < -0.4 is 5.73 Å². The molecule has 0 spiro atoms. The Kier molecular flexibility index (Phi) is 3.23. The van der Waals surface area contributed by atoms with Gasteiger partial charge in [0.2, 0.25) is 0 Å². The average Bonchev–Trinajstić information content (AvgIpc) is 2.81. The van der Waals surface area contributed by atoms with Gasteiger partial charge >= 0.3 is 0 Å². The van der Waals surface area contributed by atoms with Gasteiger partial charge in [0.25, 0.3) is 0 Å². The van der Waals surface area contributed by atoms with Crippen LogP contribution in [0.2, 0.25) is 0 Å². The number of nitrogens with two attached hydrogens (primary N) is 1. The first kappa shape index (κ1) is 11.9.